The largest absolute Gasteiger partial charge is 0.398 e. The lowest BCUT2D eigenvalue weighted by molar-refractivity contribution is -0.858. The third kappa shape index (κ3) is 2.08. The summed E-state index contributed by atoms with van der Waals surface area (Å²) in [7, 11) is 0. The molecule has 0 aliphatic heterocycles. The van der Waals surface area contributed by atoms with Gasteiger partial charge in [-0.25, -0.2) is 4.28 Å². The Morgan fingerprint density at radius 3 is 3.00 bits per heavy atom. The molecule has 1 atom stereocenters. The van der Waals surface area contributed by atoms with Crippen molar-refractivity contribution in [3.63, 3.8) is 0 Å². The van der Waals surface area contributed by atoms with E-state index in [0.29, 0.717) is 0 Å². The Bertz CT molecular complexity index is 227. The summed E-state index contributed by atoms with van der Waals surface area (Å²) in [6.07, 6.45) is 4.26. The van der Waals surface area contributed by atoms with Gasteiger partial charge in [-0.05, 0) is 4.73 Å². The molecular weight excluding hydrogens is 156 g/mol. The predicted molar refractivity (Wildman–Crippen MR) is 31.8 cm³/mol. The van der Waals surface area contributed by atoms with Crippen LogP contribution in [0, 0.1) is 0 Å². The van der Waals surface area contributed by atoms with Gasteiger partial charge in [0.25, 0.3) is 0 Å². The summed E-state index contributed by atoms with van der Waals surface area (Å²) < 4.78 is 23.6. The van der Waals surface area contributed by atoms with Crippen LogP contribution in [0.1, 0.15) is 0 Å². The molecular formula is C4H5N2O3S+. The molecule has 1 N–H and O–H groups in total. The highest BCUT2D eigenvalue weighted by Gasteiger charge is 1.99. The van der Waals surface area contributed by atoms with Crippen LogP contribution in [-0.2, 0) is 11.4 Å². The van der Waals surface area contributed by atoms with Crippen molar-refractivity contribution in [3.05, 3.63) is 24.8 Å². The van der Waals surface area contributed by atoms with Crippen LogP contribution in [0.4, 0.5) is 0 Å². The average molecular weight is 161 g/mol. The molecule has 0 aliphatic carbocycles. The summed E-state index contributed by atoms with van der Waals surface area (Å²) in [5.74, 6) is 0. The zero-order valence-corrected chi connectivity index (χ0v) is 5.69. The lowest BCUT2D eigenvalue weighted by Gasteiger charge is -1.90. The Morgan fingerprint density at radius 2 is 2.50 bits per heavy atom. The molecule has 0 bridgehead atoms. The molecule has 0 saturated carbocycles. The van der Waals surface area contributed by atoms with Crippen LogP contribution in [0.2, 0.25) is 0 Å². The lowest BCUT2D eigenvalue weighted by atomic mass is 10.7. The molecule has 1 unspecified atom stereocenters. The third-order valence-electron chi connectivity index (χ3n) is 0.735. The molecule has 10 heavy (non-hydrogen) atoms. The summed E-state index contributed by atoms with van der Waals surface area (Å²) >= 11 is -2.29. The molecule has 1 aromatic rings. The minimum absolute atomic E-state index is 1.04. The van der Waals surface area contributed by atoms with Crippen LogP contribution in [-0.4, -0.2) is 13.7 Å². The van der Waals surface area contributed by atoms with E-state index in [1.807, 2.05) is 0 Å². The minimum Gasteiger partial charge on any atom is -0.272 e. The van der Waals surface area contributed by atoms with Crippen molar-refractivity contribution in [3.8, 4) is 0 Å². The molecule has 0 saturated heterocycles. The second-order valence-corrected chi connectivity index (χ2v) is 1.99. The summed E-state index contributed by atoms with van der Waals surface area (Å²) in [5.41, 5.74) is 0. The summed E-state index contributed by atoms with van der Waals surface area (Å²) in [5, 5.41) is 0. The molecule has 1 rings (SSSR count). The second-order valence-electron chi connectivity index (χ2n) is 1.41. The van der Waals surface area contributed by atoms with Crippen LogP contribution in [0.3, 0.4) is 0 Å². The van der Waals surface area contributed by atoms with Gasteiger partial charge in [0.05, 0.1) is 0 Å². The SMILES string of the molecule is O=S(O)O[n+]1cccnc1. The van der Waals surface area contributed by atoms with Crippen LogP contribution >= 0.6 is 0 Å². The average Bonchev–Trinajstić information content (AvgIpc) is 1.88. The van der Waals surface area contributed by atoms with Crippen molar-refractivity contribution >= 4 is 11.4 Å². The van der Waals surface area contributed by atoms with Crippen molar-refractivity contribution in [1.29, 1.82) is 0 Å². The fourth-order valence-electron chi connectivity index (χ4n) is 0.433. The highest BCUT2D eigenvalue weighted by atomic mass is 32.2. The van der Waals surface area contributed by atoms with Crippen LogP contribution < -0.4 is 9.01 Å². The quantitative estimate of drug-likeness (QED) is 0.443. The van der Waals surface area contributed by atoms with E-state index in [0.717, 1.165) is 4.73 Å². The van der Waals surface area contributed by atoms with E-state index in [1.54, 1.807) is 6.07 Å². The summed E-state index contributed by atoms with van der Waals surface area (Å²) in [6.45, 7) is 0. The lowest BCUT2D eigenvalue weighted by Crippen LogP contribution is -2.42. The second kappa shape index (κ2) is 3.23. The van der Waals surface area contributed by atoms with Crippen molar-refractivity contribution in [2.45, 2.75) is 0 Å². The van der Waals surface area contributed by atoms with E-state index in [9.17, 15) is 4.21 Å². The molecule has 0 spiro atoms. The van der Waals surface area contributed by atoms with Gasteiger partial charge in [-0.1, -0.05) is 4.98 Å². The zero-order valence-electron chi connectivity index (χ0n) is 4.88. The highest BCUT2D eigenvalue weighted by molar-refractivity contribution is 7.74. The van der Waals surface area contributed by atoms with Crippen molar-refractivity contribution in [2.24, 2.45) is 0 Å². The normalized spacial score (nSPS) is 12.5. The van der Waals surface area contributed by atoms with Crippen LogP contribution in [0.25, 0.3) is 0 Å². The van der Waals surface area contributed by atoms with Gasteiger partial charge in [0.15, 0.2) is 0 Å². The molecule has 0 radical (unpaired) electrons. The first-order valence-electron chi connectivity index (χ1n) is 2.40. The first kappa shape index (κ1) is 7.10. The van der Waals surface area contributed by atoms with Gasteiger partial charge in [0, 0.05) is 6.07 Å². The molecule has 0 aliphatic rings. The van der Waals surface area contributed by atoms with Crippen molar-refractivity contribution in [2.75, 3.05) is 0 Å². The van der Waals surface area contributed by atoms with Crippen LogP contribution in [0.5, 0.6) is 0 Å². The van der Waals surface area contributed by atoms with Gasteiger partial charge in [0.2, 0.25) is 0 Å². The van der Waals surface area contributed by atoms with Crippen LogP contribution in [0.15, 0.2) is 24.8 Å². The zero-order chi connectivity index (χ0) is 7.40. The molecule has 5 nitrogen and oxygen atoms in total. The van der Waals surface area contributed by atoms with Gasteiger partial charge in [-0.3, -0.25) is 4.55 Å². The standard InChI is InChI=1S/C4H4N2O3S/c7-10(8)9-6-3-1-2-5-4-6/h1-4H/p+1. The van der Waals surface area contributed by atoms with E-state index < -0.39 is 11.4 Å². The highest BCUT2D eigenvalue weighted by Crippen LogP contribution is 1.69. The van der Waals surface area contributed by atoms with Gasteiger partial charge < -0.3 is 0 Å². The van der Waals surface area contributed by atoms with Crippen molar-refractivity contribution < 1.29 is 17.8 Å². The van der Waals surface area contributed by atoms with Gasteiger partial charge in [-0.15, -0.1) is 0 Å². The van der Waals surface area contributed by atoms with E-state index >= 15 is 0 Å². The molecule has 6 heteroatoms. The molecule has 1 aromatic heterocycles. The summed E-state index contributed by atoms with van der Waals surface area (Å²) in [6, 6.07) is 1.58. The fraction of sp³-hybridized carbons (Fsp3) is 0. The number of aromatic nitrogens is 2. The predicted octanol–water partition coefficient (Wildman–Crippen LogP) is -1.07. The van der Waals surface area contributed by atoms with Gasteiger partial charge in [0.1, 0.15) is 12.4 Å². The fourth-order valence-corrected chi connectivity index (χ4v) is 0.669. The Kier molecular flexibility index (Phi) is 2.30. The van der Waals surface area contributed by atoms with Gasteiger partial charge in [-0.2, -0.15) is 4.21 Å². The molecule has 0 aromatic carbocycles. The van der Waals surface area contributed by atoms with Gasteiger partial charge >= 0.3 is 17.7 Å². The number of hydrogen-bond donors (Lipinski definition) is 1. The minimum atomic E-state index is -2.29. The third-order valence-corrected chi connectivity index (χ3v) is 1.04. The first-order chi connectivity index (χ1) is 4.79. The van der Waals surface area contributed by atoms with E-state index in [4.69, 9.17) is 4.55 Å². The maximum atomic E-state index is 10.0. The molecule has 54 valence electrons. The Hall–Kier alpha value is -1.01. The molecule has 1 heterocycles. The monoisotopic (exact) mass is 161 g/mol. The van der Waals surface area contributed by atoms with E-state index in [2.05, 4.69) is 9.27 Å². The first-order valence-corrected chi connectivity index (χ1v) is 3.43. The molecule has 0 amide bonds. The van der Waals surface area contributed by atoms with Crippen molar-refractivity contribution in [1.82, 2.24) is 4.98 Å². The number of hydrogen-bond acceptors (Lipinski definition) is 3. The Balaban J connectivity index is 2.67. The molecule has 0 fully saturated rings. The summed E-state index contributed by atoms with van der Waals surface area (Å²) in [4.78, 5) is 3.63. The van der Waals surface area contributed by atoms with E-state index in [-0.39, 0.29) is 0 Å². The number of rotatable bonds is 2. The maximum absolute atomic E-state index is 10.0. The number of nitrogens with zero attached hydrogens (tertiary/aromatic N) is 2. The topological polar surface area (TPSA) is 63.3 Å². The Labute approximate surface area is 59.7 Å². The smallest absolute Gasteiger partial charge is 0.272 e. The maximum Gasteiger partial charge on any atom is 0.398 e. The van der Waals surface area contributed by atoms with E-state index in [1.165, 1.54) is 18.7 Å². The Morgan fingerprint density at radius 1 is 1.70 bits per heavy atom.